The minimum atomic E-state index is 0.216. The van der Waals surface area contributed by atoms with Gasteiger partial charge in [-0.25, -0.2) is 0 Å². The van der Waals surface area contributed by atoms with Crippen LogP contribution in [0.15, 0.2) is 18.2 Å². The first-order valence-corrected chi connectivity index (χ1v) is 9.05. The molecule has 2 unspecified atom stereocenters. The molecule has 1 fully saturated rings. The van der Waals surface area contributed by atoms with Crippen LogP contribution in [-0.4, -0.2) is 62.8 Å². The second-order valence-electron chi connectivity index (χ2n) is 6.71. The molecule has 136 valence electrons. The van der Waals surface area contributed by atoms with Crippen molar-refractivity contribution in [3.8, 4) is 11.5 Å². The number of rotatable bonds is 8. The summed E-state index contributed by atoms with van der Waals surface area (Å²) in [6.07, 6.45) is 2.16. The highest BCUT2D eigenvalue weighted by Crippen LogP contribution is 2.33. The first-order valence-electron chi connectivity index (χ1n) is 9.05. The topological polar surface area (TPSA) is 51.0 Å². The number of unbranched alkanes of at least 4 members (excludes halogenated alkanes) is 1. The first-order chi connectivity index (χ1) is 11.6. The van der Waals surface area contributed by atoms with Crippen molar-refractivity contribution in [1.82, 2.24) is 9.80 Å². The van der Waals surface area contributed by atoms with E-state index in [1.54, 1.807) is 7.11 Å². The van der Waals surface area contributed by atoms with Crippen LogP contribution < -0.4 is 15.2 Å². The third-order valence-electron chi connectivity index (χ3n) is 4.83. The van der Waals surface area contributed by atoms with Gasteiger partial charge in [0, 0.05) is 38.3 Å². The van der Waals surface area contributed by atoms with Crippen LogP contribution in [0.25, 0.3) is 0 Å². The molecule has 1 aromatic rings. The molecular formula is C19H33N3O2. The average Bonchev–Trinajstić information content (AvgIpc) is 2.58. The Morgan fingerprint density at radius 3 is 2.71 bits per heavy atom. The van der Waals surface area contributed by atoms with Crippen molar-refractivity contribution in [3.63, 3.8) is 0 Å². The number of ether oxygens (including phenoxy) is 2. The molecule has 2 atom stereocenters. The fourth-order valence-corrected chi connectivity index (χ4v) is 3.42. The minimum Gasteiger partial charge on any atom is -0.493 e. The predicted molar refractivity (Wildman–Crippen MR) is 98.9 cm³/mol. The van der Waals surface area contributed by atoms with Gasteiger partial charge in [-0.2, -0.15) is 0 Å². The molecule has 0 aliphatic carbocycles. The van der Waals surface area contributed by atoms with Crippen LogP contribution in [0.3, 0.4) is 0 Å². The molecule has 1 aliphatic rings. The molecule has 1 saturated heterocycles. The zero-order valence-corrected chi connectivity index (χ0v) is 15.6. The molecule has 1 aliphatic heterocycles. The highest BCUT2D eigenvalue weighted by atomic mass is 16.5. The normalized spacial score (nSPS) is 20.8. The van der Waals surface area contributed by atoms with E-state index in [9.17, 15) is 0 Å². The number of hydrogen-bond acceptors (Lipinski definition) is 5. The summed E-state index contributed by atoms with van der Waals surface area (Å²) in [5.74, 6) is 1.61. The van der Waals surface area contributed by atoms with Crippen LogP contribution in [0.5, 0.6) is 11.5 Å². The van der Waals surface area contributed by atoms with Gasteiger partial charge in [-0.15, -0.1) is 0 Å². The highest BCUT2D eigenvalue weighted by molar-refractivity contribution is 5.44. The summed E-state index contributed by atoms with van der Waals surface area (Å²) in [7, 11) is 3.86. The Morgan fingerprint density at radius 2 is 2.08 bits per heavy atom. The quantitative estimate of drug-likeness (QED) is 0.740. The van der Waals surface area contributed by atoms with Crippen molar-refractivity contribution in [2.75, 3.05) is 46.9 Å². The Bertz CT molecular complexity index is 509. The van der Waals surface area contributed by atoms with E-state index in [1.807, 2.05) is 6.07 Å². The molecule has 0 amide bonds. The van der Waals surface area contributed by atoms with Crippen LogP contribution in [0.1, 0.15) is 38.3 Å². The summed E-state index contributed by atoms with van der Waals surface area (Å²) in [5, 5.41) is 0. The standard InChI is InChI=1S/C19H33N3O2/c1-5-6-11-24-19-12-16(7-8-18(19)23-4)17(13-20)22-10-9-21(3)14-15(22)2/h7-8,12,15,17H,5-6,9-11,13-14,20H2,1-4H3. The maximum atomic E-state index is 6.15. The second kappa shape index (κ2) is 9.25. The van der Waals surface area contributed by atoms with Crippen LogP contribution in [0.2, 0.25) is 0 Å². The average molecular weight is 335 g/mol. The fraction of sp³-hybridized carbons (Fsp3) is 0.684. The Hall–Kier alpha value is -1.30. The van der Waals surface area contributed by atoms with Crippen molar-refractivity contribution >= 4 is 0 Å². The van der Waals surface area contributed by atoms with Crippen LogP contribution in [-0.2, 0) is 0 Å². The van der Waals surface area contributed by atoms with Crippen molar-refractivity contribution in [3.05, 3.63) is 23.8 Å². The minimum absolute atomic E-state index is 0.216. The van der Waals surface area contributed by atoms with Crippen molar-refractivity contribution in [2.45, 2.75) is 38.8 Å². The monoisotopic (exact) mass is 335 g/mol. The van der Waals surface area contributed by atoms with Crippen LogP contribution >= 0.6 is 0 Å². The van der Waals surface area contributed by atoms with Gasteiger partial charge in [-0.05, 0) is 38.1 Å². The zero-order valence-electron chi connectivity index (χ0n) is 15.6. The Morgan fingerprint density at radius 1 is 1.29 bits per heavy atom. The number of nitrogens with zero attached hydrogens (tertiary/aromatic N) is 2. The zero-order chi connectivity index (χ0) is 17.5. The van der Waals surface area contributed by atoms with E-state index in [-0.39, 0.29) is 6.04 Å². The fourth-order valence-electron chi connectivity index (χ4n) is 3.42. The predicted octanol–water partition coefficient (Wildman–Crippen LogP) is 2.51. The number of likely N-dealkylation sites (N-methyl/N-ethyl adjacent to an activating group) is 1. The highest BCUT2D eigenvalue weighted by Gasteiger charge is 2.28. The maximum Gasteiger partial charge on any atom is 0.161 e. The van der Waals surface area contributed by atoms with Gasteiger partial charge in [0.05, 0.1) is 13.7 Å². The first kappa shape index (κ1) is 19.0. The van der Waals surface area contributed by atoms with E-state index in [2.05, 4.69) is 42.8 Å². The summed E-state index contributed by atoms with van der Waals surface area (Å²) in [4.78, 5) is 4.89. The number of nitrogens with two attached hydrogens (primary N) is 1. The lowest BCUT2D eigenvalue weighted by atomic mass is 10.0. The molecule has 2 N–H and O–H groups in total. The Kier molecular flexibility index (Phi) is 7.34. The molecule has 0 aromatic heterocycles. The van der Waals surface area contributed by atoms with Crippen molar-refractivity contribution < 1.29 is 9.47 Å². The van der Waals surface area contributed by atoms with Gasteiger partial charge >= 0.3 is 0 Å². The molecule has 0 bridgehead atoms. The van der Waals surface area contributed by atoms with Gasteiger partial charge in [-0.3, -0.25) is 4.90 Å². The lowest BCUT2D eigenvalue weighted by Gasteiger charge is -2.42. The van der Waals surface area contributed by atoms with Crippen LogP contribution in [0.4, 0.5) is 0 Å². The van der Waals surface area contributed by atoms with Gasteiger partial charge in [0.15, 0.2) is 11.5 Å². The number of piperazine rings is 1. The van der Waals surface area contributed by atoms with Crippen LogP contribution in [0, 0.1) is 0 Å². The molecule has 2 rings (SSSR count). The SMILES string of the molecule is CCCCOc1cc(C(CN)N2CCN(C)CC2C)ccc1OC. The van der Waals surface area contributed by atoms with E-state index in [0.717, 1.165) is 44.0 Å². The number of methoxy groups -OCH3 is 1. The smallest absolute Gasteiger partial charge is 0.161 e. The molecule has 5 heteroatoms. The molecule has 0 radical (unpaired) electrons. The second-order valence-corrected chi connectivity index (χ2v) is 6.71. The van der Waals surface area contributed by atoms with Gasteiger partial charge in [0.2, 0.25) is 0 Å². The molecular weight excluding hydrogens is 302 g/mol. The number of benzene rings is 1. The molecule has 24 heavy (non-hydrogen) atoms. The molecule has 0 spiro atoms. The molecule has 5 nitrogen and oxygen atoms in total. The maximum absolute atomic E-state index is 6.15. The van der Waals surface area contributed by atoms with E-state index >= 15 is 0 Å². The largest absolute Gasteiger partial charge is 0.493 e. The Labute approximate surface area is 146 Å². The molecule has 1 aromatic carbocycles. The lowest BCUT2D eigenvalue weighted by Crippen LogP contribution is -2.52. The summed E-state index contributed by atoms with van der Waals surface area (Å²) < 4.78 is 11.4. The van der Waals surface area contributed by atoms with Gasteiger partial charge in [-0.1, -0.05) is 19.4 Å². The third-order valence-corrected chi connectivity index (χ3v) is 4.83. The van der Waals surface area contributed by atoms with Gasteiger partial charge in [0.1, 0.15) is 0 Å². The summed E-state index contributed by atoms with van der Waals surface area (Å²) >= 11 is 0. The third kappa shape index (κ3) is 4.62. The summed E-state index contributed by atoms with van der Waals surface area (Å²) in [5.41, 5.74) is 7.36. The molecule has 0 saturated carbocycles. The van der Waals surface area contributed by atoms with E-state index < -0.39 is 0 Å². The summed E-state index contributed by atoms with van der Waals surface area (Å²) in [6.45, 7) is 8.96. The Balaban J connectivity index is 2.19. The van der Waals surface area contributed by atoms with E-state index in [4.69, 9.17) is 15.2 Å². The number of hydrogen-bond donors (Lipinski definition) is 1. The summed E-state index contributed by atoms with van der Waals surface area (Å²) in [6, 6.07) is 6.93. The van der Waals surface area contributed by atoms with Crippen molar-refractivity contribution in [2.24, 2.45) is 5.73 Å². The van der Waals surface area contributed by atoms with E-state index in [0.29, 0.717) is 19.2 Å². The van der Waals surface area contributed by atoms with Crippen molar-refractivity contribution in [1.29, 1.82) is 0 Å². The lowest BCUT2D eigenvalue weighted by molar-refractivity contribution is 0.0634. The van der Waals surface area contributed by atoms with Gasteiger partial charge in [0.25, 0.3) is 0 Å². The van der Waals surface area contributed by atoms with Gasteiger partial charge < -0.3 is 20.1 Å². The van der Waals surface area contributed by atoms with E-state index in [1.165, 1.54) is 5.56 Å². The molecule has 1 heterocycles.